The SMILES string of the molecule is COc1ccc([C@@H](NCc2cc(=O)n3[nH]ccc3n2)C(C)C)cc1. The molecular formula is C18H22N4O2. The van der Waals surface area contributed by atoms with Crippen molar-refractivity contribution in [3.05, 3.63) is 64.2 Å². The van der Waals surface area contributed by atoms with Crippen LogP contribution < -0.4 is 15.6 Å². The number of aromatic amines is 1. The molecule has 3 rings (SSSR count). The van der Waals surface area contributed by atoms with E-state index in [1.54, 1.807) is 25.4 Å². The third kappa shape index (κ3) is 3.33. The summed E-state index contributed by atoms with van der Waals surface area (Å²) in [5, 5.41) is 6.36. The molecule has 0 amide bonds. The molecule has 0 bridgehead atoms. The number of aromatic nitrogens is 3. The Kier molecular flexibility index (Phi) is 4.66. The summed E-state index contributed by atoms with van der Waals surface area (Å²) in [7, 11) is 1.66. The fourth-order valence-corrected chi connectivity index (χ4v) is 2.83. The molecule has 0 radical (unpaired) electrons. The van der Waals surface area contributed by atoms with E-state index in [1.807, 2.05) is 12.1 Å². The minimum atomic E-state index is -0.104. The maximum absolute atomic E-state index is 12.0. The zero-order valence-electron chi connectivity index (χ0n) is 14.1. The number of ether oxygens (including phenoxy) is 1. The largest absolute Gasteiger partial charge is 0.497 e. The zero-order valence-corrected chi connectivity index (χ0v) is 14.1. The summed E-state index contributed by atoms with van der Waals surface area (Å²) in [5.41, 5.74) is 2.45. The second kappa shape index (κ2) is 6.88. The Balaban J connectivity index is 1.78. The summed E-state index contributed by atoms with van der Waals surface area (Å²) in [5.74, 6) is 1.24. The second-order valence-electron chi connectivity index (χ2n) is 6.12. The van der Waals surface area contributed by atoms with Crippen LogP contribution in [-0.4, -0.2) is 21.7 Å². The van der Waals surface area contributed by atoms with E-state index in [2.05, 4.69) is 41.4 Å². The van der Waals surface area contributed by atoms with Crippen LogP contribution in [0.1, 0.15) is 31.1 Å². The molecule has 0 fully saturated rings. The van der Waals surface area contributed by atoms with Gasteiger partial charge in [0.15, 0.2) is 5.65 Å². The Bertz CT molecular complexity index is 865. The lowest BCUT2D eigenvalue weighted by Gasteiger charge is -2.23. The first-order chi connectivity index (χ1) is 11.6. The van der Waals surface area contributed by atoms with Crippen molar-refractivity contribution in [1.29, 1.82) is 0 Å². The van der Waals surface area contributed by atoms with Crippen molar-refractivity contribution >= 4 is 5.65 Å². The maximum atomic E-state index is 12.0. The van der Waals surface area contributed by atoms with Crippen LogP contribution in [0.2, 0.25) is 0 Å². The Morgan fingerprint density at radius 3 is 2.67 bits per heavy atom. The average molecular weight is 326 g/mol. The lowest BCUT2D eigenvalue weighted by molar-refractivity contribution is 0.403. The third-order valence-electron chi connectivity index (χ3n) is 4.08. The molecule has 0 aliphatic rings. The number of nitrogens with one attached hydrogen (secondary N) is 2. The van der Waals surface area contributed by atoms with Gasteiger partial charge in [0, 0.05) is 30.9 Å². The highest BCUT2D eigenvalue weighted by Gasteiger charge is 2.16. The predicted octanol–water partition coefficient (Wildman–Crippen LogP) is 2.52. The quantitative estimate of drug-likeness (QED) is 0.730. The van der Waals surface area contributed by atoms with E-state index in [-0.39, 0.29) is 11.6 Å². The van der Waals surface area contributed by atoms with Gasteiger partial charge in [-0.15, -0.1) is 0 Å². The van der Waals surface area contributed by atoms with Crippen molar-refractivity contribution in [3.8, 4) is 5.75 Å². The molecule has 6 heteroatoms. The highest BCUT2D eigenvalue weighted by molar-refractivity contribution is 5.36. The molecule has 0 unspecified atom stereocenters. The Labute approximate surface area is 140 Å². The Morgan fingerprint density at radius 1 is 1.25 bits per heavy atom. The van der Waals surface area contributed by atoms with Crippen molar-refractivity contribution in [2.24, 2.45) is 5.92 Å². The van der Waals surface area contributed by atoms with Gasteiger partial charge in [0.2, 0.25) is 0 Å². The normalized spacial score (nSPS) is 12.7. The average Bonchev–Trinajstić information content (AvgIpc) is 3.04. The zero-order chi connectivity index (χ0) is 17.1. The molecule has 0 saturated heterocycles. The van der Waals surface area contributed by atoms with Crippen molar-refractivity contribution < 1.29 is 4.74 Å². The van der Waals surface area contributed by atoms with Gasteiger partial charge in [0.25, 0.3) is 5.56 Å². The molecule has 1 atom stereocenters. The van der Waals surface area contributed by atoms with Crippen LogP contribution in [0.3, 0.4) is 0 Å². The van der Waals surface area contributed by atoms with Crippen LogP contribution in [0.5, 0.6) is 5.75 Å². The molecule has 0 spiro atoms. The van der Waals surface area contributed by atoms with Gasteiger partial charge in [-0.25, -0.2) is 9.50 Å². The van der Waals surface area contributed by atoms with Gasteiger partial charge in [-0.05, 0) is 23.6 Å². The molecule has 2 N–H and O–H groups in total. The van der Waals surface area contributed by atoms with Crippen molar-refractivity contribution in [2.45, 2.75) is 26.4 Å². The summed E-state index contributed by atoms with van der Waals surface area (Å²) >= 11 is 0. The first-order valence-electron chi connectivity index (χ1n) is 8.02. The van der Waals surface area contributed by atoms with Gasteiger partial charge in [-0.2, -0.15) is 0 Å². The fourth-order valence-electron chi connectivity index (χ4n) is 2.83. The van der Waals surface area contributed by atoms with Crippen molar-refractivity contribution in [3.63, 3.8) is 0 Å². The lowest BCUT2D eigenvalue weighted by Crippen LogP contribution is -2.27. The van der Waals surface area contributed by atoms with Crippen molar-refractivity contribution in [1.82, 2.24) is 19.9 Å². The lowest BCUT2D eigenvalue weighted by atomic mass is 9.96. The van der Waals surface area contributed by atoms with E-state index >= 15 is 0 Å². The molecule has 24 heavy (non-hydrogen) atoms. The first-order valence-corrected chi connectivity index (χ1v) is 8.02. The summed E-state index contributed by atoms with van der Waals surface area (Å²) < 4.78 is 6.64. The summed E-state index contributed by atoms with van der Waals surface area (Å²) in [6.07, 6.45) is 1.70. The molecule has 1 aromatic carbocycles. The number of hydrogen-bond donors (Lipinski definition) is 2. The molecule has 0 aliphatic heterocycles. The number of methoxy groups -OCH3 is 1. The summed E-state index contributed by atoms with van der Waals surface area (Å²) in [6, 6.07) is 11.6. The molecule has 0 aliphatic carbocycles. The van der Waals surface area contributed by atoms with Crippen LogP contribution >= 0.6 is 0 Å². The van der Waals surface area contributed by atoms with Gasteiger partial charge in [0.1, 0.15) is 5.75 Å². The molecular weight excluding hydrogens is 304 g/mol. The number of rotatable bonds is 6. The highest BCUT2D eigenvalue weighted by atomic mass is 16.5. The number of fused-ring (bicyclic) bond motifs is 1. The topological polar surface area (TPSA) is 71.4 Å². The standard InChI is InChI=1S/C18H22N4O2/c1-12(2)18(13-4-6-15(24-3)7-5-13)19-11-14-10-17(23)22-16(21-14)8-9-20-22/h4-10,12,18-20H,11H2,1-3H3/t18-/m0/s1. The van der Waals surface area contributed by atoms with Crippen LogP contribution in [0.15, 0.2) is 47.4 Å². The van der Waals surface area contributed by atoms with E-state index in [0.717, 1.165) is 11.4 Å². The van der Waals surface area contributed by atoms with E-state index in [4.69, 9.17) is 4.74 Å². The van der Waals surface area contributed by atoms with Crippen LogP contribution in [0.25, 0.3) is 5.65 Å². The minimum absolute atomic E-state index is 0.104. The van der Waals surface area contributed by atoms with Gasteiger partial charge in [0.05, 0.1) is 12.8 Å². The maximum Gasteiger partial charge on any atom is 0.272 e. The van der Waals surface area contributed by atoms with Gasteiger partial charge in [-0.1, -0.05) is 26.0 Å². The molecule has 3 aromatic rings. The number of benzene rings is 1. The Hall–Kier alpha value is -2.60. The molecule has 126 valence electrons. The highest BCUT2D eigenvalue weighted by Crippen LogP contribution is 2.24. The predicted molar refractivity (Wildman–Crippen MR) is 93.2 cm³/mol. The molecule has 0 saturated carbocycles. The number of nitrogens with zero attached hydrogens (tertiary/aromatic N) is 2. The van der Waals surface area contributed by atoms with Crippen LogP contribution in [-0.2, 0) is 6.54 Å². The van der Waals surface area contributed by atoms with E-state index in [1.165, 1.54) is 10.1 Å². The van der Waals surface area contributed by atoms with Crippen LogP contribution in [0, 0.1) is 5.92 Å². The first kappa shape index (κ1) is 16.3. The van der Waals surface area contributed by atoms with Crippen LogP contribution in [0.4, 0.5) is 0 Å². The van der Waals surface area contributed by atoms with E-state index < -0.39 is 0 Å². The minimum Gasteiger partial charge on any atom is -0.497 e. The second-order valence-corrected chi connectivity index (χ2v) is 6.12. The third-order valence-corrected chi connectivity index (χ3v) is 4.08. The van der Waals surface area contributed by atoms with Gasteiger partial charge < -0.3 is 10.1 Å². The fraction of sp³-hybridized carbons (Fsp3) is 0.333. The molecule has 2 aromatic heterocycles. The van der Waals surface area contributed by atoms with E-state index in [0.29, 0.717) is 18.1 Å². The number of hydrogen-bond acceptors (Lipinski definition) is 4. The van der Waals surface area contributed by atoms with Gasteiger partial charge in [-0.3, -0.25) is 9.89 Å². The van der Waals surface area contributed by atoms with Gasteiger partial charge >= 0.3 is 0 Å². The monoisotopic (exact) mass is 326 g/mol. The molecule has 2 heterocycles. The van der Waals surface area contributed by atoms with E-state index in [9.17, 15) is 4.79 Å². The smallest absolute Gasteiger partial charge is 0.272 e. The molecule has 6 nitrogen and oxygen atoms in total. The summed E-state index contributed by atoms with van der Waals surface area (Å²) in [4.78, 5) is 16.5. The Morgan fingerprint density at radius 2 is 2.00 bits per heavy atom. The number of H-pyrrole nitrogens is 1. The van der Waals surface area contributed by atoms with Crippen molar-refractivity contribution in [2.75, 3.05) is 7.11 Å². The summed E-state index contributed by atoms with van der Waals surface area (Å²) in [6.45, 7) is 4.87.